The number of halogens is 1. The Kier molecular flexibility index (Phi) is 3.61. The van der Waals surface area contributed by atoms with Gasteiger partial charge >= 0.3 is 0 Å². The van der Waals surface area contributed by atoms with Crippen LogP contribution in [0.4, 0.5) is 15.8 Å². The van der Waals surface area contributed by atoms with Crippen LogP contribution < -0.4 is 11.1 Å². The molecule has 108 valence electrons. The van der Waals surface area contributed by atoms with Crippen LogP contribution in [0, 0.1) is 15.9 Å². The van der Waals surface area contributed by atoms with Crippen molar-refractivity contribution in [2.24, 2.45) is 0 Å². The minimum absolute atomic E-state index is 0.206. The van der Waals surface area contributed by atoms with Gasteiger partial charge in [0.15, 0.2) is 5.82 Å². The first-order valence-electron chi connectivity index (χ1n) is 6.38. The normalized spacial score (nSPS) is 16.9. The van der Waals surface area contributed by atoms with Crippen molar-refractivity contribution in [3.05, 3.63) is 33.6 Å². The lowest BCUT2D eigenvalue weighted by molar-refractivity contribution is -0.385. The van der Waals surface area contributed by atoms with Crippen molar-refractivity contribution < 1.29 is 14.1 Å². The minimum atomic E-state index is -0.902. The average molecular weight is 281 g/mol. The van der Waals surface area contributed by atoms with Gasteiger partial charge in [-0.05, 0) is 25.8 Å². The molecule has 0 radical (unpaired) electrons. The van der Waals surface area contributed by atoms with Crippen molar-refractivity contribution in [2.45, 2.75) is 38.1 Å². The van der Waals surface area contributed by atoms with Gasteiger partial charge in [0.1, 0.15) is 5.56 Å². The molecule has 20 heavy (non-hydrogen) atoms. The molecule has 0 saturated heterocycles. The second-order valence-corrected chi connectivity index (χ2v) is 5.37. The first kappa shape index (κ1) is 14.2. The highest BCUT2D eigenvalue weighted by Crippen LogP contribution is 2.30. The molecule has 1 aromatic rings. The summed E-state index contributed by atoms with van der Waals surface area (Å²) >= 11 is 0. The van der Waals surface area contributed by atoms with Crippen molar-refractivity contribution in [2.75, 3.05) is 5.73 Å². The topological polar surface area (TPSA) is 98.3 Å². The van der Waals surface area contributed by atoms with E-state index in [1.165, 1.54) is 0 Å². The molecule has 1 aliphatic rings. The van der Waals surface area contributed by atoms with E-state index < -0.39 is 22.3 Å². The monoisotopic (exact) mass is 281 g/mol. The lowest BCUT2D eigenvalue weighted by atomic mass is 9.99. The summed E-state index contributed by atoms with van der Waals surface area (Å²) in [5, 5.41) is 13.7. The predicted molar refractivity (Wildman–Crippen MR) is 71.8 cm³/mol. The summed E-state index contributed by atoms with van der Waals surface area (Å²) in [6.07, 6.45) is 3.65. The summed E-state index contributed by atoms with van der Waals surface area (Å²) in [6.45, 7) is 1.90. The van der Waals surface area contributed by atoms with Crippen LogP contribution in [-0.2, 0) is 0 Å². The fourth-order valence-corrected chi connectivity index (χ4v) is 2.53. The first-order valence-corrected chi connectivity index (χ1v) is 6.38. The number of nitro benzene ring substituents is 1. The average Bonchev–Trinajstić information content (AvgIpc) is 2.78. The van der Waals surface area contributed by atoms with Gasteiger partial charge in [0.25, 0.3) is 11.6 Å². The maximum Gasteiger partial charge on any atom is 0.285 e. The highest BCUT2D eigenvalue weighted by atomic mass is 19.1. The summed E-state index contributed by atoms with van der Waals surface area (Å²) in [6, 6.07) is 1.70. The number of carbonyl (C=O) groups excluding carboxylic acids is 1. The van der Waals surface area contributed by atoms with E-state index in [2.05, 4.69) is 5.32 Å². The predicted octanol–water partition coefficient (Wildman–Crippen LogP) is 2.38. The number of amides is 1. The Bertz CT molecular complexity index is 568. The molecule has 0 bridgehead atoms. The Balaban J connectivity index is 2.33. The van der Waals surface area contributed by atoms with Gasteiger partial charge in [-0.3, -0.25) is 14.9 Å². The molecule has 1 fully saturated rings. The molecule has 1 aromatic carbocycles. The lowest BCUT2D eigenvalue weighted by Crippen LogP contribution is -2.43. The number of nitrogen functional groups attached to an aromatic ring is 1. The van der Waals surface area contributed by atoms with Crippen LogP contribution in [0.2, 0.25) is 0 Å². The molecule has 0 unspecified atom stereocenters. The van der Waals surface area contributed by atoms with Crippen LogP contribution in [0.25, 0.3) is 0 Å². The van der Waals surface area contributed by atoms with Gasteiger partial charge in [-0.15, -0.1) is 0 Å². The number of nitrogens with one attached hydrogen (secondary N) is 1. The molecule has 1 aliphatic carbocycles. The van der Waals surface area contributed by atoms with Crippen molar-refractivity contribution in [3.63, 3.8) is 0 Å². The number of nitro groups is 1. The van der Waals surface area contributed by atoms with E-state index in [0.29, 0.717) is 6.07 Å². The van der Waals surface area contributed by atoms with E-state index in [-0.39, 0.29) is 16.8 Å². The first-order chi connectivity index (χ1) is 9.32. The van der Waals surface area contributed by atoms with Crippen molar-refractivity contribution in [1.29, 1.82) is 0 Å². The standard InChI is InChI=1S/C13H16FN3O3/c1-13(4-2-3-5-13)16-12(18)8-6-10(15)9(14)7-11(8)17(19)20/h6-7H,2-5,15H2,1H3,(H,16,18). The van der Waals surface area contributed by atoms with Gasteiger partial charge in [-0.2, -0.15) is 0 Å². The van der Waals surface area contributed by atoms with Gasteiger partial charge < -0.3 is 11.1 Å². The lowest BCUT2D eigenvalue weighted by Gasteiger charge is -2.25. The maximum atomic E-state index is 13.3. The van der Waals surface area contributed by atoms with Crippen molar-refractivity contribution in [3.8, 4) is 0 Å². The zero-order chi connectivity index (χ0) is 14.9. The van der Waals surface area contributed by atoms with E-state index in [1.807, 2.05) is 6.92 Å². The molecule has 2 rings (SSSR count). The molecular formula is C13H16FN3O3. The zero-order valence-electron chi connectivity index (χ0n) is 11.1. The van der Waals surface area contributed by atoms with Crippen LogP contribution in [0.1, 0.15) is 43.0 Å². The van der Waals surface area contributed by atoms with Crippen LogP contribution >= 0.6 is 0 Å². The highest BCUT2D eigenvalue weighted by Gasteiger charge is 2.32. The number of hydrogen-bond donors (Lipinski definition) is 2. The molecule has 7 heteroatoms. The van der Waals surface area contributed by atoms with E-state index in [1.54, 1.807) is 0 Å². The summed E-state index contributed by atoms with van der Waals surface area (Å²) in [5.41, 5.74) is 3.96. The van der Waals surface area contributed by atoms with E-state index in [0.717, 1.165) is 31.7 Å². The molecule has 0 heterocycles. The van der Waals surface area contributed by atoms with Crippen LogP contribution in [-0.4, -0.2) is 16.4 Å². The zero-order valence-corrected chi connectivity index (χ0v) is 11.1. The van der Waals surface area contributed by atoms with E-state index >= 15 is 0 Å². The van der Waals surface area contributed by atoms with Gasteiger partial charge in [0.05, 0.1) is 16.7 Å². The number of anilines is 1. The summed E-state index contributed by atoms with van der Waals surface area (Å²) < 4.78 is 13.3. The molecule has 1 amide bonds. The molecule has 3 N–H and O–H groups in total. The SMILES string of the molecule is CC1(NC(=O)c2cc(N)c(F)cc2[N+](=O)[O-])CCCC1. The maximum absolute atomic E-state index is 13.3. The van der Waals surface area contributed by atoms with Gasteiger partial charge in [-0.1, -0.05) is 12.8 Å². The fourth-order valence-electron chi connectivity index (χ4n) is 2.53. The summed E-state index contributed by atoms with van der Waals surface area (Å²) in [5.74, 6) is -1.49. The second-order valence-electron chi connectivity index (χ2n) is 5.37. The van der Waals surface area contributed by atoms with Gasteiger partial charge in [0.2, 0.25) is 0 Å². The minimum Gasteiger partial charge on any atom is -0.396 e. The van der Waals surface area contributed by atoms with E-state index in [4.69, 9.17) is 5.73 Å². The number of nitrogens with two attached hydrogens (primary N) is 1. The third-order valence-corrected chi connectivity index (χ3v) is 3.68. The van der Waals surface area contributed by atoms with Crippen molar-refractivity contribution in [1.82, 2.24) is 5.32 Å². The Morgan fingerprint density at radius 3 is 2.60 bits per heavy atom. The molecule has 1 saturated carbocycles. The molecule has 0 aromatic heterocycles. The Morgan fingerprint density at radius 1 is 1.45 bits per heavy atom. The number of nitrogens with zero attached hydrogens (tertiary/aromatic N) is 1. The Morgan fingerprint density at radius 2 is 2.05 bits per heavy atom. The molecule has 6 nitrogen and oxygen atoms in total. The fraction of sp³-hybridized carbons (Fsp3) is 0.462. The molecule has 0 aliphatic heterocycles. The quantitative estimate of drug-likeness (QED) is 0.505. The van der Waals surface area contributed by atoms with Crippen LogP contribution in [0.15, 0.2) is 12.1 Å². The largest absolute Gasteiger partial charge is 0.396 e. The number of carbonyl (C=O) groups is 1. The van der Waals surface area contributed by atoms with Crippen LogP contribution in [0.5, 0.6) is 0 Å². The molecular weight excluding hydrogens is 265 g/mol. The van der Waals surface area contributed by atoms with Gasteiger partial charge in [0, 0.05) is 5.54 Å². The van der Waals surface area contributed by atoms with Crippen LogP contribution in [0.3, 0.4) is 0 Å². The summed E-state index contributed by atoms with van der Waals surface area (Å²) in [7, 11) is 0. The Labute approximate surface area is 115 Å². The third kappa shape index (κ3) is 2.71. The number of rotatable bonds is 3. The number of hydrogen-bond acceptors (Lipinski definition) is 4. The van der Waals surface area contributed by atoms with E-state index in [9.17, 15) is 19.3 Å². The Hall–Kier alpha value is -2.18. The van der Waals surface area contributed by atoms with Crippen molar-refractivity contribution >= 4 is 17.3 Å². The third-order valence-electron chi connectivity index (χ3n) is 3.68. The number of benzene rings is 1. The second kappa shape index (κ2) is 5.07. The highest BCUT2D eigenvalue weighted by molar-refractivity contribution is 5.99. The smallest absolute Gasteiger partial charge is 0.285 e. The summed E-state index contributed by atoms with van der Waals surface area (Å²) in [4.78, 5) is 22.3. The molecule has 0 spiro atoms. The molecule has 0 atom stereocenters. The van der Waals surface area contributed by atoms with Gasteiger partial charge in [-0.25, -0.2) is 4.39 Å².